The third kappa shape index (κ3) is 7.44. The van der Waals surface area contributed by atoms with Crippen LogP contribution in [0.1, 0.15) is 45.4 Å². The van der Waals surface area contributed by atoms with E-state index in [1.54, 1.807) is 6.92 Å². The van der Waals surface area contributed by atoms with Gasteiger partial charge in [-0.3, -0.25) is 4.98 Å². The molecule has 6 nitrogen and oxygen atoms in total. The zero-order valence-electron chi connectivity index (χ0n) is 15.0. The molecule has 1 amide bonds. The second-order valence-corrected chi connectivity index (χ2v) is 5.98. The zero-order chi connectivity index (χ0) is 17.9. The van der Waals surface area contributed by atoms with Gasteiger partial charge in [-0.1, -0.05) is 26.8 Å². The Bertz CT molecular complexity index is 514. The second-order valence-electron chi connectivity index (χ2n) is 5.98. The minimum atomic E-state index is -0.681. The number of nitrogens with one attached hydrogen (secondary N) is 1. The topological polar surface area (TPSA) is 77.5 Å². The molecule has 0 bridgehead atoms. The molecule has 1 N–H and O–H groups in total. The number of aromatic nitrogens is 1. The van der Waals surface area contributed by atoms with Crippen LogP contribution in [0.5, 0.6) is 0 Å². The molecular weight excluding hydrogens is 308 g/mol. The summed E-state index contributed by atoms with van der Waals surface area (Å²) in [4.78, 5) is 28.1. The van der Waals surface area contributed by atoms with Crippen molar-refractivity contribution in [3.63, 3.8) is 0 Å². The van der Waals surface area contributed by atoms with Gasteiger partial charge < -0.3 is 14.8 Å². The summed E-state index contributed by atoms with van der Waals surface area (Å²) in [5.74, 6) is -0.180. The van der Waals surface area contributed by atoms with Gasteiger partial charge in [-0.2, -0.15) is 0 Å². The molecule has 0 spiro atoms. The fourth-order valence-corrected chi connectivity index (χ4v) is 2.17. The van der Waals surface area contributed by atoms with Gasteiger partial charge in [0.1, 0.15) is 6.04 Å². The summed E-state index contributed by atoms with van der Waals surface area (Å²) < 4.78 is 10.1. The highest BCUT2D eigenvalue weighted by atomic mass is 16.6. The first kappa shape index (κ1) is 19.9. The third-order valence-corrected chi connectivity index (χ3v) is 3.46. The first-order valence-electron chi connectivity index (χ1n) is 8.49. The van der Waals surface area contributed by atoms with E-state index >= 15 is 0 Å². The minimum absolute atomic E-state index is 0.210. The van der Waals surface area contributed by atoms with Gasteiger partial charge in [0.05, 0.1) is 13.2 Å². The summed E-state index contributed by atoms with van der Waals surface area (Å²) in [5, 5.41) is 2.58. The lowest BCUT2D eigenvalue weighted by Gasteiger charge is -2.18. The number of carbonyl (C=O) groups is 2. The van der Waals surface area contributed by atoms with E-state index < -0.39 is 18.1 Å². The molecule has 0 saturated heterocycles. The smallest absolute Gasteiger partial charge is 0.407 e. The van der Waals surface area contributed by atoms with Crippen molar-refractivity contribution in [2.45, 2.75) is 53.0 Å². The molecular formula is C18H28N2O4. The Kier molecular flexibility index (Phi) is 8.83. The molecule has 6 heteroatoms. The number of amides is 1. The van der Waals surface area contributed by atoms with Crippen LogP contribution < -0.4 is 5.32 Å². The average Bonchev–Trinajstić information content (AvgIpc) is 2.54. The maximum absolute atomic E-state index is 11.9. The van der Waals surface area contributed by atoms with Crippen LogP contribution >= 0.6 is 0 Å². The van der Waals surface area contributed by atoms with Crippen molar-refractivity contribution in [3.05, 3.63) is 29.6 Å². The normalized spacial score (nSPS) is 11.9. The van der Waals surface area contributed by atoms with Crippen molar-refractivity contribution >= 4 is 12.1 Å². The van der Waals surface area contributed by atoms with Crippen molar-refractivity contribution in [1.82, 2.24) is 10.3 Å². The van der Waals surface area contributed by atoms with Crippen LogP contribution in [0.3, 0.4) is 0 Å². The summed E-state index contributed by atoms with van der Waals surface area (Å²) in [5.41, 5.74) is 2.03. The van der Waals surface area contributed by atoms with Crippen molar-refractivity contribution < 1.29 is 19.1 Å². The Morgan fingerprint density at radius 1 is 1.21 bits per heavy atom. The average molecular weight is 336 g/mol. The largest absolute Gasteiger partial charge is 0.464 e. The number of aryl methyl sites for hydroxylation is 1. The Morgan fingerprint density at radius 2 is 1.96 bits per heavy atom. The van der Waals surface area contributed by atoms with Crippen molar-refractivity contribution in [2.24, 2.45) is 5.92 Å². The molecule has 0 aliphatic carbocycles. The van der Waals surface area contributed by atoms with Crippen LogP contribution in [-0.2, 0) is 27.1 Å². The first-order valence-corrected chi connectivity index (χ1v) is 8.49. The summed E-state index contributed by atoms with van der Waals surface area (Å²) in [6.45, 7) is 8.25. The van der Waals surface area contributed by atoms with Crippen LogP contribution in [-0.4, -0.2) is 36.3 Å². The molecule has 1 aromatic heterocycles. The van der Waals surface area contributed by atoms with Gasteiger partial charge in [0, 0.05) is 18.3 Å². The van der Waals surface area contributed by atoms with Gasteiger partial charge in [0.25, 0.3) is 0 Å². The fraction of sp³-hybridized carbons (Fsp3) is 0.611. The molecule has 0 aliphatic rings. The molecule has 1 heterocycles. The molecule has 134 valence electrons. The van der Waals surface area contributed by atoms with Crippen LogP contribution in [0.25, 0.3) is 0 Å². The van der Waals surface area contributed by atoms with Gasteiger partial charge in [-0.15, -0.1) is 0 Å². The third-order valence-electron chi connectivity index (χ3n) is 3.46. The van der Waals surface area contributed by atoms with Crippen LogP contribution in [0.2, 0.25) is 0 Å². The van der Waals surface area contributed by atoms with E-state index in [0.717, 1.165) is 12.1 Å². The predicted octanol–water partition coefficient (Wildman–Crippen LogP) is 2.89. The highest BCUT2D eigenvalue weighted by Gasteiger charge is 2.23. The van der Waals surface area contributed by atoms with Crippen LogP contribution in [0.15, 0.2) is 18.3 Å². The number of pyridine rings is 1. The summed E-state index contributed by atoms with van der Waals surface area (Å²) in [6, 6.07) is 3.27. The molecule has 0 aromatic carbocycles. The Morgan fingerprint density at radius 3 is 2.50 bits per heavy atom. The van der Waals surface area contributed by atoms with E-state index in [1.807, 2.05) is 32.2 Å². The van der Waals surface area contributed by atoms with Gasteiger partial charge >= 0.3 is 12.1 Å². The summed E-state index contributed by atoms with van der Waals surface area (Å²) in [7, 11) is 0. The van der Waals surface area contributed by atoms with Gasteiger partial charge in [-0.25, -0.2) is 9.59 Å². The molecule has 0 unspecified atom stereocenters. The molecule has 0 aliphatic heterocycles. The van der Waals surface area contributed by atoms with Crippen LogP contribution in [0.4, 0.5) is 4.79 Å². The minimum Gasteiger partial charge on any atom is -0.464 e. The Balaban J connectivity index is 2.42. The first-order chi connectivity index (χ1) is 11.5. The highest BCUT2D eigenvalue weighted by molar-refractivity contribution is 5.81. The maximum Gasteiger partial charge on any atom is 0.407 e. The number of rotatable bonds is 9. The monoisotopic (exact) mass is 336 g/mol. The lowest BCUT2D eigenvalue weighted by Crippen LogP contribution is -2.43. The number of ether oxygens (including phenoxy) is 2. The SMILES string of the molecule is CCOC(=O)[C@H](CC(C)C)NC(=O)OCCc1ccc(CC)cn1. The summed E-state index contributed by atoms with van der Waals surface area (Å²) in [6.07, 6.45) is 3.20. The van der Waals surface area contributed by atoms with Crippen molar-refractivity contribution in [3.8, 4) is 0 Å². The Labute approximate surface area is 143 Å². The maximum atomic E-state index is 11.9. The summed E-state index contributed by atoms with van der Waals surface area (Å²) >= 11 is 0. The quantitative estimate of drug-likeness (QED) is 0.702. The van der Waals surface area contributed by atoms with E-state index in [-0.39, 0.29) is 19.1 Å². The molecule has 1 rings (SSSR count). The fourth-order valence-electron chi connectivity index (χ4n) is 2.17. The molecule has 1 atom stereocenters. The number of esters is 1. The van der Waals surface area contributed by atoms with Crippen LogP contribution in [0, 0.1) is 5.92 Å². The van der Waals surface area contributed by atoms with E-state index in [2.05, 4.69) is 17.2 Å². The Hall–Kier alpha value is -2.11. The number of alkyl carbamates (subject to hydrolysis) is 1. The van der Waals surface area contributed by atoms with E-state index in [9.17, 15) is 9.59 Å². The van der Waals surface area contributed by atoms with Gasteiger partial charge in [-0.05, 0) is 37.3 Å². The standard InChI is InChI=1S/C18H28N2O4/c1-5-14-7-8-15(19-12-14)9-10-24-18(22)20-16(11-13(3)4)17(21)23-6-2/h7-8,12-13,16H,5-6,9-11H2,1-4H3,(H,20,22)/t16-/m0/s1. The number of carbonyl (C=O) groups excluding carboxylic acids is 2. The van der Waals surface area contributed by atoms with Crippen molar-refractivity contribution in [1.29, 1.82) is 0 Å². The molecule has 0 saturated carbocycles. The lowest BCUT2D eigenvalue weighted by molar-refractivity contribution is -0.146. The second kappa shape index (κ2) is 10.6. The van der Waals surface area contributed by atoms with Gasteiger partial charge in [0.2, 0.25) is 0 Å². The molecule has 0 fully saturated rings. The molecule has 0 radical (unpaired) electrons. The highest BCUT2D eigenvalue weighted by Crippen LogP contribution is 2.07. The van der Waals surface area contributed by atoms with Crippen molar-refractivity contribution in [2.75, 3.05) is 13.2 Å². The lowest BCUT2D eigenvalue weighted by atomic mass is 10.0. The van der Waals surface area contributed by atoms with E-state index in [1.165, 1.54) is 5.56 Å². The van der Waals surface area contributed by atoms with E-state index in [4.69, 9.17) is 9.47 Å². The number of hydrogen-bond donors (Lipinski definition) is 1. The zero-order valence-corrected chi connectivity index (χ0v) is 15.0. The van der Waals surface area contributed by atoms with E-state index in [0.29, 0.717) is 12.8 Å². The number of hydrogen-bond acceptors (Lipinski definition) is 5. The molecule has 1 aromatic rings. The molecule has 24 heavy (non-hydrogen) atoms. The van der Waals surface area contributed by atoms with Gasteiger partial charge in [0.15, 0.2) is 0 Å². The number of nitrogens with zero attached hydrogens (tertiary/aromatic N) is 1. The predicted molar refractivity (Wildman–Crippen MR) is 91.7 cm³/mol.